The van der Waals surface area contributed by atoms with E-state index in [1.165, 1.54) is 0 Å². The van der Waals surface area contributed by atoms with Gasteiger partial charge in [-0.15, -0.1) is 0 Å². The fourth-order valence-electron chi connectivity index (χ4n) is 2.16. The molecule has 0 radical (unpaired) electrons. The fraction of sp³-hybridized carbons (Fsp3) is 0.389. The van der Waals surface area contributed by atoms with Gasteiger partial charge in [0.05, 0.1) is 11.6 Å². The van der Waals surface area contributed by atoms with Crippen LogP contribution in [-0.4, -0.2) is 18.6 Å². The smallest absolute Gasteiger partial charge is 0.175 e. The quantitative estimate of drug-likeness (QED) is 0.748. The minimum Gasteiger partial charge on any atom is -0.493 e. The summed E-state index contributed by atoms with van der Waals surface area (Å²) in [5.41, 5.74) is 2.17. The van der Waals surface area contributed by atoms with E-state index in [4.69, 9.17) is 9.47 Å². The third kappa shape index (κ3) is 5.52. The summed E-state index contributed by atoms with van der Waals surface area (Å²) in [4.78, 5) is 4.09. The molecule has 0 spiro atoms. The fourth-order valence-corrected chi connectivity index (χ4v) is 2.76. The number of benzene rings is 1. The van der Waals surface area contributed by atoms with Crippen molar-refractivity contribution < 1.29 is 9.47 Å². The van der Waals surface area contributed by atoms with Crippen LogP contribution in [0.3, 0.4) is 0 Å². The average Bonchev–Trinajstić information content (AvgIpc) is 2.54. The van der Waals surface area contributed by atoms with Crippen molar-refractivity contribution in [1.82, 2.24) is 10.3 Å². The maximum atomic E-state index is 5.91. The molecule has 23 heavy (non-hydrogen) atoms. The molecule has 1 N–H and O–H groups in total. The number of methoxy groups -OCH3 is 1. The van der Waals surface area contributed by atoms with Crippen LogP contribution in [0, 0.1) is 5.92 Å². The van der Waals surface area contributed by atoms with Crippen LogP contribution in [0.1, 0.15) is 25.0 Å². The Balaban J connectivity index is 2.07. The highest BCUT2D eigenvalue weighted by molar-refractivity contribution is 9.10. The molecule has 0 unspecified atom stereocenters. The Morgan fingerprint density at radius 2 is 2.09 bits per heavy atom. The summed E-state index contributed by atoms with van der Waals surface area (Å²) < 4.78 is 12.3. The molecular formula is C18H23BrN2O2. The van der Waals surface area contributed by atoms with Gasteiger partial charge in [0.1, 0.15) is 6.61 Å². The summed E-state index contributed by atoms with van der Waals surface area (Å²) in [7, 11) is 1.66. The summed E-state index contributed by atoms with van der Waals surface area (Å²) in [6, 6.07) is 7.96. The van der Waals surface area contributed by atoms with Gasteiger partial charge in [0.2, 0.25) is 0 Å². The van der Waals surface area contributed by atoms with Crippen LogP contribution in [0.25, 0.3) is 0 Å². The molecule has 4 nitrogen and oxygen atoms in total. The van der Waals surface area contributed by atoms with Crippen molar-refractivity contribution >= 4 is 15.9 Å². The van der Waals surface area contributed by atoms with E-state index in [0.717, 1.165) is 34.4 Å². The first-order valence-electron chi connectivity index (χ1n) is 7.69. The molecule has 0 aliphatic carbocycles. The zero-order chi connectivity index (χ0) is 16.7. The summed E-state index contributed by atoms with van der Waals surface area (Å²) in [6.45, 7) is 6.63. The van der Waals surface area contributed by atoms with E-state index in [9.17, 15) is 0 Å². The number of ether oxygens (including phenoxy) is 2. The Kier molecular flexibility index (Phi) is 6.86. The van der Waals surface area contributed by atoms with Gasteiger partial charge in [0.25, 0.3) is 0 Å². The highest BCUT2D eigenvalue weighted by Crippen LogP contribution is 2.37. The molecule has 0 aliphatic rings. The first-order valence-corrected chi connectivity index (χ1v) is 8.48. The Bertz CT molecular complexity index is 618. The van der Waals surface area contributed by atoms with Gasteiger partial charge < -0.3 is 14.8 Å². The van der Waals surface area contributed by atoms with E-state index in [0.29, 0.717) is 18.3 Å². The molecule has 124 valence electrons. The van der Waals surface area contributed by atoms with Crippen LogP contribution >= 0.6 is 15.9 Å². The van der Waals surface area contributed by atoms with Crippen molar-refractivity contribution in [3.63, 3.8) is 0 Å². The van der Waals surface area contributed by atoms with E-state index in [2.05, 4.69) is 46.1 Å². The van der Waals surface area contributed by atoms with Gasteiger partial charge in [-0.1, -0.05) is 19.9 Å². The number of hydrogen-bond donors (Lipinski definition) is 1. The highest BCUT2D eigenvalue weighted by Gasteiger charge is 2.12. The van der Waals surface area contributed by atoms with Crippen LogP contribution in [0.5, 0.6) is 11.5 Å². The molecule has 2 aromatic rings. The van der Waals surface area contributed by atoms with Crippen LogP contribution in [-0.2, 0) is 13.2 Å². The third-order valence-corrected chi connectivity index (χ3v) is 3.87. The van der Waals surface area contributed by atoms with E-state index >= 15 is 0 Å². The number of rotatable bonds is 8. The molecule has 5 heteroatoms. The zero-order valence-corrected chi connectivity index (χ0v) is 15.4. The van der Waals surface area contributed by atoms with E-state index in [1.54, 1.807) is 19.5 Å². The summed E-state index contributed by atoms with van der Waals surface area (Å²) >= 11 is 3.58. The largest absolute Gasteiger partial charge is 0.493 e. The van der Waals surface area contributed by atoms with Crippen molar-refractivity contribution in [2.75, 3.05) is 13.7 Å². The Morgan fingerprint density at radius 3 is 2.74 bits per heavy atom. The molecule has 0 saturated carbocycles. The molecular weight excluding hydrogens is 356 g/mol. The minimum absolute atomic E-state index is 0.452. The first kappa shape index (κ1) is 17.8. The van der Waals surface area contributed by atoms with Gasteiger partial charge >= 0.3 is 0 Å². The topological polar surface area (TPSA) is 43.4 Å². The SMILES string of the molecule is COc1cc(CNCC(C)C)cc(Br)c1OCc1cccnc1. The normalized spacial score (nSPS) is 10.8. The summed E-state index contributed by atoms with van der Waals surface area (Å²) in [5.74, 6) is 2.07. The van der Waals surface area contributed by atoms with Gasteiger partial charge in [-0.2, -0.15) is 0 Å². The maximum Gasteiger partial charge on any atom is 0.175 e. The molecule has 0 amide bonds. The van der Waals surface area contributed by atoms with Crippen molar-refractivity contribution in [2.24, 2.45) is 5.92 Å². The molecule has 0 atom stereocenters. The number of aromatic nitrogens is 1. The molecule has 2 rings (SSSR count). The number of nitrogens with zero attached hydrogens (tertiary/aromatic N) is 1. The van der Waals surface area contributed by atoms with E-state index < -0.39 is 0 Å². The van der Waals surface area contributed by atoms with Crippen molar-refractivity contribution in [1.29, 1.82) is 0 Å². The number of halogens is 1. The van der Waals surface area contributed by atoms with Crippen molar-refractivity contribution in [3.8, 4) is 11.5 Å². The Hall–Kier alpha value is -1.59. The second-order valence-corrected chi connectivity index (χ2v) is 6.64. The summed E-state index contributed by atoms with van der Waals surface area (Å²) in [6.07, 6.45) is 3.55. The molecule has 1 heterocycles. The predicted octanol–water partition coefficient (Wildman–Crippen LogP) is 4.18. The number of hydrogen-bond acceptors (Lipinski definition) is 4. The van der Waals surface area contributed by atoms with Crippen molar-refractivity contribution in [3.05, 3.63) is 52.3 Å². The molecule has 0 fully saturated rings. The second kappa shape index (κ2) is 8.89. The highest BCUT2D eigenvalue weighted by atomic mass is 79.9. The molecule has 0 saturated heterocycles. The van der Waals surface area contributed by atoms with Gasteiger partial charge in [-0.3, -0.25) is 4.98 Å². The average molecular weight is 379 g/mol. The predicted molar refractivity (Wildman–Crippen MR) is 95.8 cm³/mol. The lowest BCUT2D eigenvalue weighted by molar-refractivity contribution is 0.282. The second-order valence-electron chi connectivity index (χ2n) is 5.78. The molecule has 1 aromatic heterocycles. The Labute approximate surface area is 146 Å². The Morgan fingerprint density at radius 1 is 1.26 bits per heavy atom. The van der Waals surface area contributed by atoms with Crippen LogP contribution < -0.4 is 14.8 Å². The standard InChI is InChI=1S/C18H23BrN2O2/c1-13(2)9-21-11-15-7-16(19)18(17(8-15)22-3)23-12-14-5-4-6-20-10-14/h4-8,10,13,21H,9,11-12H2,1-3H3. The lowest BCUT2D eigenvalue weighted by Gasteiger charge is -2.15. The maximum absolute atomic E-state index is 5.91. The lowest BCUT2D eigenvalue weighted by atomic mass is 10.1. The molecule has 0 aliphatic heterocycles. The molecule has 0 bridgehead atoms. The number of pyridine rings is 1. The third-order valence-electron chi connectivity index (χ3n) is 3.28. The van der Waals surface area contributed by atoms with Crippen LogP contribution in [0.2, 0.25) is 0 Å². The van der Waals surface area contributed by atoms with Gasteiger partial charge in [-0.25, -0.2) is 0 Å². The lowest BCUT2D eigenvalue weighted by Crippen LogP contribution is -2.19. The number of nitrogens with one attached hydrogen (secondary N) is 1. The van der Waals surface area contributed by atoms with Gasteiger partial charge in [0.15, 0.2) is 11.5 Å². The summed E-state index contributed by atoms with van der Waals surface area (Å²) in [5, 5.41) is 3.43. The molecule has 1 aromatic carbocycles. The van der Waals surface area contributed by atoms with Crippen LogP contribution in [0.4, 0.5) is 0 Å². The minimum atomic E-state index is 0.452. The first-order chi connectivity index (χ1) is 11.1. The van der Waals surface area contributed by atoms with Gasteiger partial charge in [-0.05, 0) is 52.2 Å². The van der Waals surface area contributed by atoms with Gasteiger partial charge in [0, 0.05) is 24.5 Å². The monoisotopic (exact) mass is 378 g/mol. The van der Waals surface area contributed by atoms with E-state index in [-0.39, 0.29) is 0 Å². The van der Waals surface area contributed by atoms with Crippen molar-refractivity contribution in [2.45, 2.75) is 27.0 Å². The van der Waals surface area contributed by atoms with E-state index in [1.807, 2.05) is 18.2 Å². The zero-order valence-electron chi connectivity index (χ0n) is 13.8. The van der Waals surface area contributed by atoms with Crippen LogP contribution in [0.15, 0.2) is 41.1 Å².